The summed E-state index contributed by atoms with van der Waals surface area (Å²) in [6.07, 6.45) is 1.95. The third kappa shape index (κ3) is 4.99. The molecule has 7 nitrogen and oxygen atoms in total. The average molecular weight is 421 g/mol. The van der Waals surface area contributed by atoms with Crippen molar-refractivity contribution in [2.24, 2.45) is 0 Å². The quantitative estimate of drug-likeness (QED) is 0.606. The van der Waals surface area contributed by atoms with Gasteiger partial charge in [0.2, 0.25) is 0 Å². The van der Waals surface area contributed by atoms with Gasteiger partial charge in [-0.3, -0.25) is 9.89 Å². The highest BCUT2D eigenvalue weighted by atomic mass is 16.5. The summed E-state index contributed by atoms with van der Waals surface area (Å²) in [6, 6.07) is 17.3. The smallest absolute Gasteiger partial charge is 0.251 e. The summed E-state index contributed by atoms with van der Waals surface area (Å²) in [7, 11) is 1.66. The number of rotatable bonds is 7. The Bertz CT molecular complexity index is 998. The van der Waals surface area contributed by atoms with Crippen LogP contribution in [0.25, 0.3) is 11.3 Å². The molecule has 2 N–H and O–H groups in total. The first-order valence-corrected chi connectivity index (χ1v) is 10.6. The van der Waals surface area contributed by atoms with E-state index in [9.17, 15) is 4.79 Å². The molecular formula is C24H28N4O3. The Morgan fingerprint density at radius 2 is 1.90 bits per heavy atom. The van der Waals surface area contributed by atoms with Crippen molar-refractivity contribution in [2.45, 2.75) is 25.8 Å². The number of nitrogens with zero attached hydrogens (tertiary/aromatic N) is 2. The van der Waals surface area contributed by atoms with Crippen molar-refractivity contribution in [3.05, 3.63) is 60.2 Å². The fourth-order valence-corrected chi connectivity index (χ4v) is 3.83. The first kappa shape index (κ1) is 20.8. The number of aromatic amines is 1. The number of amides is 1. The first-order valence-electron chi connectivity index (χ1n) is 10.6. The van der Waals surface area contributed by atoms with E-state index < -0.39 is 0 Å². The minimum atomic E-state index is -0.0594. The summed E-state index contributed by atoms with van der Waals surface area (Å²) >= 11 is 0. The lowest BCUT2D eigenvalue weighted by Crippen LogP contribution is -2.48. The van der Waals surface area contributed by atoms with Crippen molar-refractivity contribution in [3.8, 4) is 22.8 Å². The van der Waals surface area contributed by atoms with Gasteiger partial charge in [0.05, 0.1) is 19.4 Å². The number of hydrogen-bond acceptors (Lipinski definition) is 5. The largest absolute Gasteiger partial charge is 0.497 e. The highest BCUT2D eigenvalue weighted by molar-refractivity contribution is 5.94. The fourth-order valence-electron chi connectivity index (χ4n) is 3.83. The van der Waals surface area contributed by atoms with Gasteiger partial charge in [0.1, 0.15) is 11.5 Å². The number of ether oxygens (including phenoxy) is 2. The predicted octanol–water partition coefficient (Wildman–Crippen LogP) is 3.88. The zero-order valence-electron chi connectivity index (χ0n) is 17.9. The van der Waals surface area contributed by atoms with E-state index in [1.807, 2.05) is 43.3 Å². The van der Waals surface area contributed by atoms with Gasteiger partial charge in [0.25, 0.3) is 5.91 Å². The molecule has 7 heteroatoms. The molecule has 0 saturated carbocycles. The van der Waals surface area contributed by atoms with Crippen molar-refractivity contribution in [1.29, 1.82) is 0 Å². The number of methoxy groups -OCH3 is 1. The van der Waals surface area contributed by atoms with Gasteiger partial charge in [-0.1, -0.05) is 0 Å². The minimum absolute atomic E-state index is 0.0594. The SMILES string of the molecule is CCOc1ccc(C(=O)NC2CCCN(c3cc(-c4ccc(OC)cc4)[nH]n3)C2)cc1. The summed E-state index contributed by atoms with van der Waals surface area (Å²) in [5.74, 6) is 2.43. The summed E-state index contributed by atoms with van der Waals surface area (Å²) < 4.78 is 10.7. The molecule has 31 heavy (non-hydrogen) atoms. The molecule has 0 radical (unpaired) electrons. The molecule has 1 aliphatic rings. The summed E-state index contributed by atoms with van der Waals surface area (Å²) in [5, 5.41) is 10.8. The van der Waals surface area contributed by atoms with E-state index in [0.29, 0.717) is 12.2 Å². The molecule has 1 aromatic heterocycles. The lowest BCUT2D eigenvalue weighted by atomic mass is 10.0. The maximum atomic E-state index is 12.7. The van der Waals surface area contributed by atoms with Gasteiger partial charge < -0.3 is 19.7 Å². The number of carbonyl (C=O) groups excluding carboxylic acids is 1. The number of anilines is 1. The van der Waals surface area contributed by atoms with E-state index in [2.05, 4.69) is 26.5 Å². The van der Waals surface area contributed by atoms with Gasteiger partial charge in [-0.05, 0) is 73.9 Å². The van der Waals surface area contributed by atoms with Crippen molar-refractivity contribution < 1.29 is 14.3 Å². The van der Waals surface area contributed by atoms with Crippen LogP contribution in [0.2, 0.25) is 0 Å². The lowest BCUT2D eigenvalue weighted by molar-refractivity contribution is 0.0933. The molecular weight excluding hydrogens is 392 g/mol. The summed E-state index contributed by atoms with van der Waals surface area (Å²) in [5.41, 5.74) is 2.65. The minimum Gasteiger partial charge on any atom is -0.497 e. The second-order valence-electron chi connectivity index (χ2n) is 7.58. The van der Waals surface area contributed by atoms with Gasteiger partial charge >= 0.3 is 0 Å². The van der Waals surface area contributed by atoms with Crippen LogP contribution in [0.4, 0.5) is 5.82 Å². The molecule has 0 bridgehead atoms. The molecule has 0 aliphatic carbocycles. The first-order chi connectivity index (χ1) is 15.2. The molecule has 162 valence electrons. The van der Waals surface area contributed by atoms with E-state index in [4.69, 9.17) is 9.47 Å². The molecule has 1 amide bonds. The topological polar surface area (TPSA) is 79.5 Å². The number of hydrogen-bond donors (Lipinski definition) is 2. The standard InChI is InChI=1S/C24H28N4O3/c1-3-31-21-12-8-18(9-13-21)24(29)25-19-5-4-14-28(16-19)23-15-22(26-27-23)17-6-10-20(30-2)11-7-17/h6-13,15,19H,3-5,14,16H2,1-2H3,(H,25,29)(H,26,27). The highest BCUT2D eigenvalue weighted by Crippen LogP contribution is 2.26. The Hall–Kier alpha value is -3.48. The van der Waals surface area contributed by atoms with Crippen LogP contribution < -0.4 is 19.7 Å². The maximum absolute atomic E-state index is 12.7. The molecule has 2 aromatic carbocycles. The number of H-pyrrole nitrogens is 1. The van der Waals surface area contributed by atoms with Crippen LogP contribution in [-0.2, 0) is 0 Å². The Morgan fingerprint density at radius 3 is 2.61 bits per heavy atom. The number of benzene rings is 2. The lowest BCUT2D eigenvalue weighted by Gasteiger charge is -2.33. The summed E-state index contributed by atoms with van der Waals surface area (Å²) in [4.78, 5) is 14.9. The third-order valence-corrected chi connectivity index (χ3v) is 5.47. The molecule has 2 heterocycles. The van der Waals surface area contributed by atoms with E-state index in [0.717, 1.165) is 54.5 Å². The van der Waals surface area contributed by atoms with E-state index >= 15 is 0 Å². The van der Waals surface area contributed by atoms with Crippen LogP contribution in [0, 0.1) is 0 Å². The van der Waals surface area contributed by atoms with Gasteiger partial charge in [-0.25, -0.2) is 0 Å². The van der Waals surface area contributed by atoms with Crippen molar-refractivity contribution in [1.82, 2.24) is 15.5 Å². The average Bonchev–Trinajstić information content (AvgIpc) is 3.30. The molecule has 1 aliphatic heterocycles. The molecule has 0 spiro atoms. The fraction of sp³-hybridized carbons (Fsp3) is 0.333. The molecule has 3 aromatic rings. The second-order valence-corrected chi connectivity index (χ2v) is 7.58. The molecule has 1 atom stereocenters. The van der Waals surface area contributed by atoms with Crippen molar-refractivity contribution in [3.63, 3.8) is 0 Å². The third-order valence-electron chi connectivity index (χ3n) is 5.47. The summed E-state index contributed by atoms with van der Waals surface area (Å²) in [6.45, 7) is 4.20. The van der Waals surface area contributed by atoms with E-state index in [-0.39, 0.29) is 11.9 Å². The molecule has 1 saturated heterocycles. The maximum Gasteiger partial charge on any atom is 0.251 e. The zero-order valence-corrected chi connectivity index (χ0v) is 17.9. The van der Waals surface area contributed by atoms with Crippen LogP contribution in [-0.4, -0.2) is 49.0 Å². The van der Waals surface area contributed by atoms with Gasteiger partial charge in [-0.2, -0.15) is 5.10 Å². The molecule has 4 rings (SSSR count). The van der Waals surface area contributed by atoms with Crippen LogP contribution in [0.3, 0.4) is 0 Å². The highest BCUT2D eigenvalue weighted by Gasteiger charge is 2.23. The number of nitrogens with one attached hydrogen (secondary N) is 2. The number of carbonyl (C=O) groups is 1. The second kappa shape index (κ2) is 9.55. The molecule has 1 unspecified atom stereocenters. The Kier molecular flexibility index (Phi) is 6.40. The van der Waals surface area contributed by atoms with Crippen LogP contribution >= 0.6 is 0 Å². The van der Waals surface area contributed by atoms with Gasteiger partial charge in [0, 0.05) is 30.8 Å². The predicted molar refractivity (Wildman–Crippen MR) is 121 cm³/mol. The van der Waals surface area contributed by atoms with Crippen molar-refractivity contribution >= 4 is 11.7 Å². The normalized spacial score (nSPS) is 16.1. The van der Waals surface area contributed by atoms with E-state index in [1.165, 1.54) is 0 Å². The van der Waals surface area contributed by atoms with Crippen molar-refractivity contribution in [2.75, 3.05) is 31.7 Å². The Morgan fingerprint density at radius 1 is 1.16 bits per heavy atom. The zero-order chi connectivity index (χ0) is 21.6. The van der Waals surface area contributed by atoms with Crippen LogP contribution in [0.1, 0.15) is 30.1 Å². The Labute approximate surface area is 182 Å². The van der Waals surface area contributed by atoms with Gasteiger partial charge in [0.15, 0.2) is 5.82 Å². The number of aromatic nitrogens is 2. The Balaban J connectivity index is 1.38. The monoisotopic (exact) mass is 420 g/mol. The van der Waals surface area contributed by atoms with Crippen LogP contribution in [0.15, 0.2) is 54.6 Å². The van der Waals surface area contributed by atoms with E-state index in [1.54, 1.807) is 19.2 Å². The van der Waals surface area contributed by atoms with Gasteiger partial charge in [-0.15, -0.1) is 0 Å². The van der Waals surface area contributed by atoms with Crippen LogP contribution in [0.5, 0.6) is 11.5 Å². The number of piperidine rings is 1. The molecule has 1 fully saturated rings.